The molecule has 0 bridgehead atoms. The van der Waals surface area contributed by atoms with Gasteiger partial charge in [0.15, 0.2) is 0 Å². The second-order valence-electron chi connectivity index (χ2n) is 4.14. The van der Waals surface area contributed by atoms with Crippen molar-refractivity contribution in [2.45, 2.75) is 11.3 Å². The van der Waals surface area contributed by atoms with E-state index in [-0.39, 0.29) is 12.5 Å². The number of rotatable bonds is 6. The fourth-order valence-corrected chi connectivity index (χ4v) is 2.92. The Morgan fingerprint density at radius 3 is 3.05 bits per heavy atom. The van der Waals surface area contributed by atoms with Crippen molar-refractivity contribution in [2.24, 2.45) is 0 Å². The molecule has 1 amide bonds. The van der Waals surface area contributed by atoms with Crippen LogP contribution in [0.4, 0.5) is 0 Å². The number of amides is 1. The highest BCUT2D eigenvalue weighted by molar-refractivity contribution is 7.99. The third-order valence-corrected chi connectivity index (χ3v) is 4.00. The van der Waals surface area contributed by atoms with Crippen molar-refractivity contribution >= 4 is 40.2 Å². The van der Waals surface area contributed by atoms with Gasteiger partial charge in [0.25, 0.3) is 0 Å². The van der Waals surface area contributed by atoms with E-state index in [0.717, 1.165) is 15.8 Å². The lowest BCUT2D eigenvalue weighted by atomic mass is 10.2. The molecule has 106 valence electrons. The van der Waals surface area contributed by atoms with Crippen molar-refractivity contribution in [3.8, 4) is 0 Å². The van der Waals surface area contributed by atoms with E-state index in [9.17, 15) is 4.79 Å². The molecule has 0 aliphatic carbocycles. The number of aromatic nitrogens is 1. The fraction of sp³-hybridized carbons (Fsp3) is 0.286. The monoisotopic (exact) mass is 310 g/mol. The SMILES string of the molecule is O=C(CCSc1ccnc2cc(Cl)ccc12)NCCO. The highest BCUT2D eigenvalue weighted by Gasteiger charge is 2.05. The van der Waals surface area contributed by atoms with Crippen LogP contribution in [0.3, 0.4) is 0 Å². The lowest BCUT2D eigenvalue weighted by Gasteiger charge is -2.06. The number of fused-ring (bicyclic) bond motifs is 1. The molecule has 1 heterocycles. The molecule has 4 nitrogen and oxygen atoms in total. The number of nitrogens with zero attached hydrogens (tertiary/aromatic N) is 1. The van der Waals surface area contributed by atoms with Crippen molar-refractivity contribution < 1.29 is 9.90 Å². The van der Waals surface area contributed by atoms with Gasteiger partial charge in [-0.05, 0) is 18.2 Å². The lowest BCUT2D eigenvalue weighted by molar-refractivity contribution is -0.120. The molecule has 0 radical (unpaired) electrons. The Bertz CT molecular complexity index is 607. The minimum Gasteiger partial charge on any atom is -0.395 e. The summed E-state index contributed by atoms with van der Waals surface area (Å²) in [7, 11) is 0. The third kappa shape index (κ3) is 4.10. The smallest absolute Gasteiger partial charge is 0.220 e. The molecule has 0 atom stereocenters. The van der Waals surface area contributed by atoms with Crippen molar-refractivity contribution in [2.75, 3.05) is 18.9 Å². The van der Waals surface area contributed by atoms with Gasteiger partial charge in [-0.25, -0.2) is 0 Å². The first-order chi connectivity index (χ1) is 9.70. The van der Waals surface area contributed by atoms with Gasteiger partial charge in [0.1, 0.15) is 0 Å². The number of carbonyl (C=O) groups is 1. The molecule has 0 saturated carbocycles. The van der Waals surface area contributed by atoms with E-state index in [1.165, 1.54) is 0 Å². The van der Waals surface area contributed by atoms with Gasteiger partial charge in [-0.3, -0.25) is 9.78 Å². The van der Waals surface area contributed by atoms with Crippen molar-refractivity contribution in [3.63, 3.8) is 0 Å². The van der Waals surface area contributed by atoms with Gasteiger partial charge in [-0.15, -0.1) is 11.8 Å². The molecule has 0 aliphatic heterocycles. The molecule has 0 aliphatic rings. The molecule has 0 saturated heterocycles. The van der Waals surface area contributed by atoms with E-state index in [0.29, 0.717) is 23.7 Å². The van der Waals surface area contributed by atoms with Crippen molar-refractivity contribution in [3.05, 3.63) is 35.5 Å². The molecule has 2 aromatic rings. The van der Waals surface area contributed by atoms with Crippen LogP contribution >= 0.6 is 23.4 Å². The summed E-state index contributed by atoms with van der Waals surface area (Å²) in [6.07, 6.45) is 2.16. The van der Waals surface area contributed by atoms with Crippen LogP contribution in [-0.2, 0) is 4.79 Å². The Morgan fingerprint density at radius 2 is 2.25 bits per heavy atom. The number of aliphatic hydroxyl groups excluding tert-OH is 1. The van der Waals surface area contributed by atoms with Crippen LogP contribution in [0.25, 0.3) is 10.9 Å². The van der Waals surface area contributed by atoms with E-state index in [1.54, 1.807) is 18.0 Å². The number of hydrogen-bond donors (Lipinski definition) is 2. The molecule has 2 rings (SSSR count). The van der Waals surface area contributed by atoms with Gasteiger partial charge < -0.3 is 10.4 Å². The molecule has 1 aromatic heterocycles. The summed E-state index contributed by atoms with van der Waals surface area (Å²) in [5, 5.41) is 13.0. The minimum atomic E-state index is -0.0482. The summed E-state index contributed by atoms with van der Waals surface area (Å²) < 4.78 is 0. The van der Waals surface area contributed by atoms with Gasteiger partial charge in [-0.1, -0.05) is 17.7 Å². The van der Waals surface area contributed by atoms with Gasteiger partial charge in [0.2, 0.25) is 5.91 Å². The lowest BCUT2D eigenvalue weighted by Crippen LogP contribution is -2.26. The summed E-state index contributed by atoms with van der Waals surface area (Å²) in [5.74, 6) is 0.631. The quantitative estimate of drug-likeness (QED) is 0.805. The number of halogens is 1. The largest absolute Gasteiger partial charge is 0.395 e. The average Bonchev–Trinajstić information content (AvgIpc) is 2.45. The van der Waals surface area contributed by atoms with E-state index < -0.39 is 0 Å². The predicted molar refractivity (Wildman–Crippen MR) is 82.2 cm³/mol. The molecule has 0 fully saturated rings. The summed E-state index contributed by atoms with van der Waals surface area (Å²) in [6.45, 7) is 0.273. The van der Waals surface area contributed by atoms with Gasteiger partial charge >= 0.3 is 0 Å². The Labute approximate surface area is 126 Å². The fourth-order valence-electron chi connectivity index (χ4n) is 1.76. The number of aliphatic hydroxyl groups is 1. The number of carbonyl (C=O) groups excluding carboxylic acids is 1. The summed E-state index contributed by atoms with van der Waals surface area (Å²) in [6, 6.07) is 7.55. The van der Waals surface area contributed by atoms with Crippen LogP contribution < -0.4 is 5.32 Å². The minimum absolute atomic E-state index is 0.0331. The molecular formula is C14H15ClN2O2S. The maximum absolute atomic E-state index is 11.4. The van der Waals surface area contributed by atoms with Crippen LogP contribution in [0.5, 0.6) is 0 Å². The van der Waals surface area contributed by atoms with Crippen LogP contribution in [0.15, 0.2) is 35.4 Å². The van der Waals surface area contributed by atoms with Crippen molar-refractivity contribution in [1.29, 1.82) is 0 Å². The van der Waals surface area contributed by atoms with Crippen LogP contribution in [0.2, 0.25) is 5.02 Å². The highest BCUT2D eigenvalue weighted by Crippen LogP contribution is 2.28. The zero-order valence-corrected chi connectivity index (χ0v) is 12.4. The normalized spacial score (nSPS) is 10.7. The van der Waals surface area contributed by atoms with Gasteiger partial charge in [-0.2, -0.15) is 0 Å². The molecular weight excluding hydrogens is 296 g/mol. The Hall–Kier alpha value is -1.30. The standard InChI is InChI=1S/C14H15ClN2O2S/c15-10-1-2-11-12(9-10)16-5-3-13(11)20-8-4-14(19)17-6-7-18/h1-3,5,9,18H,4,6-8H2,(H,17,19). The second kappa shape index (κ2) is 7.47. The predicted octanol–water partition coefficient (Wildman–Crippen LogP) is 2.48. The van der Waals surface area contributed by atoms with Crippen LogP contribution in [-0.4, -0.2) is 34.9 Å². The average molecular weight is 311 g/mol. The summed E-state index contributed by atoms with van der Waals surface area (Å²) in [4.78, 5) is 16.8. The molecule has 20 heavy (non-hydrogen) atoms. The van der Waals surface area contributed by atoms with E-state index in [1.807, 2.05) is 24.3 Å². The zero-order chi connectivity index (χ0) is 14.4. The molecule has 6 heteroatoms. The maximum atomic E-state index is 11.4. The van der Waals surface area contributed by atoms with Gasteiger partial charge in [0, 0.05) is 40.2 Å². The first-order valence-electron chi connectivity index (χ1n) is 6.25. The van der Waals surface area contributed by atoms with E-state index in [2.05, 4.69) is 10.3 Å². The molecule has 1 aromatic carbocycles. The highest BCUT2D eigenvalue weighted by atomic mass is 35.5. The van der Waals surface area contributed by atoms with Crippen LogP contribution in [0.1, 0.15) is 6.42 Å². The number of thioether (sulfide) groups is 1. The Balaban J connectivity index is 1.98. The number of benzene rings is 1. The zero-order valence-electron chi connectivity index (χ0n) is 10.8. The maximum Gasteiger partial charge on any atom is 0.220 e. The molecule has 0 unspecified atom stereocenters. The number of pyridine rings is 1. The van der Waals surface area contributed by atoms with Gasteiger partial charge in [0.05, 0.1) is 12.1 Å². The Kier molecular flexibility index (Phi) is 5.64. The first-order valence-corrected chi connectivity index (χ1v) is 7.61. The number of nitrogens with one attached hydrogen (secondary N) is 1. The third-order valence-electron chi connectivity index (χ3n) is 2.69. The molecule has 2 N–H and O–H groups in total. The summed E-state index contributed by atoms with van der Waals surface area (Å²) in [5.41, 5.74) is 0.854. The van der Waals surface area contributed by atoms with Crippen LogP contribution in [0, 0.1) is 0 Å². The van der Waals surface area contributed by atoms with E-state index >= 15 is 0 Å². The first kappa shape index (κ1) is 15.1. The second-order valence-corrected chi connectivity index (χ2v) is 5.72. The van der Waals surface area contributed by atoms with Crippen molar-refractivity contribution in [1.82, 2.24) is 10.3 Å². The topological polar surface area (TPSA) is 62.2 Å². The van der Waals surface area contributed by atoms with E-state index in [4.69, 9.17) is 16.7 Å². The number of hydrogen-bond acceptors (Lipinski definition) is 4. The Morgan fingerprint density at radius 1 is 1.40 bits per heavy atom. The summed E-state index contributed by atoms with van der Waals surface area (Å²) >= 11 is 7.56. The molecule has 0 spiro atoms.